The number of rotatable bonds is 20. The number of aliphatic hydroxyl groups excluding tert-OH is 3. The molecule has 1 aliphatic rings. The molecule has 184 valence electrons. The van der Waals surface area contributed by atoms with E-state index in [1.165, 1.54) is 89.9 Å². The summed E-state index contributed by atoms with van der Waals surface area (Å²) in [5.74, 6) is 0. The molecule has 0 saturated carbocycles. The van der Waals surface area contributed by atoms with Crippen molar-refractivity contribution in [1.82, 2.24) is 0 Å². The van der Waals surface area contributed by atoms with Crippen LogP contribution < -0.4 is 0 Å². The second-order valence-electron chi connectivity index (χ2n) is 9.09. The highest BCUT2D eigenvalue weighted by Gasteiger charge is 2.39. The Morgan fingerprint density at radius 1 is 0.774 bits per heavy atom. The molecule has 1 rings (SSSR count). The number of allylic oxidation sites excluding steroid dienone is 2. The molecule has 31 heavy (non-hydrogen) atoms. The molecular formula is C26H50O5. The maximum Gasteiger partial charge on any atom is 0.114 e. The van der Waals surface area contributed by atoms with E-state index < -0.39 is 24.4 Å². The molecule has 3 N–H and O–H groups in total. The van der Waals surface area contributed by atoms with Gasteiger partial charge in [-0.1, -0.05) is 89.7 Å². The van der Waals surface area contributed by atoms with Gasteiger partial charge >= 0.3 is 0 Å². The minimum absolute atomic E-state index is 0.0438. The van der Waals surface area contributed by atoms with Crippen LogP contribution in [0.1, 0.15) is 110 Å². The van der Waals surface area contributed by atoms with Crippen LogP contribution in [0.2, 0.25) is 0 Å². The molecule has 0 aliphatic carbocycles. The number of ether oxygens (including phenoxy) is 2. The van der Waals surface area contributed by atoms with E-state index in [2.05, 4.69) is 19.1 Å². The minimum Gasteiger partial charge on any atom is -0.394 e. The molecule has 1 heterocycles. The van der Waals surface area contributed by atoms with E-state index in [4.69, 9.17) is 9.47 Å². The van der Waals surface area contributed by atoms with Crippen LogP contribution in [-0.2, 0) is 9.47 Å². The fourth-order valence-corrected chi connectivity index (χ4v) is 4.14. The van der Waals surface area contributed by atoms with Crippen molar-refractivity contribution in [3.05, 3.63) is 12.2 Å². The molecule has 0 aromatic carbocycles. The van der Waals surface area contributed by atoms with E-state index in [-0.39, 0.29) is 13.2 Å². The lowest BCUT2D eigenvalue weighted by atomic mass is 10.0. The van der Waals surface area contributed by atoms with Crippen molar-refractivity contribution < 1.29 is 24.8 Å². The summed E-state index contributed by atoms with van der Waals surface area (Å²) >= 11 is 0. The second-order valence-corrected chi connectivity index (χ2v) is 9.09. The quantitative estimate of drug-likeness (QED) is 0.176. The van der Waals surface area contributed by atoms with Gasteiger partial charge in [-0.2, -0.15) is 0 Å². The third kappa shape index (κ3) is 14.3. The van der Waals surface area contributed by atoms with Gasteiger partial charge in [0, 0.05) is 6.61 Å². The molecular weight excluding hydrogens is 392 g/mol. The van der Waals surface area contributed by atoms with Crippen LogP contribution in [0, 0.1) is 0 Å². The molecule has 0 spiro atoms. The smallest absolute Gasteiger partial charge is 0.114 e. The fraction of sp³-hybridized carbons (Fsp3) is 0.923. The molecule has 1 saturated heterocycles. The van der Waals surface area contributed by atoms with E-state index in [0.29, 0.717) is 6.61 Å². The first-order valence-electron chi connectivity index (χ1n) is 13.1. The molecule has 0 radical (unpaired) electrons. The lowest BCUT2D eigenvalue weighted by Crippen LogP contribution is -2.55. The topological polar surface area (TPSA) is 79.2 Å². The highest BCUT2D eigenvalue weighted by atomic mass is 16.6. The van der Waals surface area contributed by atoms with Crippen LogP contribution in [0.25, 0.3) is 0 Å². The number of hydrogen-bond donors (Lipinski definition) is 3. The van der Waals surface area contributed by atoms with Crippen LogP contribution in [0.3, 0.4) is 0 Å². The highest BCUT2D eigenvalue weighted by Crippen LogP contribution is 2.19. The molecule has 0 aromatic heterocycles. The standard InChI is InChI=1S/C26H50O5/c1-2-3-4-5-6-7-8-9-10-11-12-13-14-15-16-17-18-19-20-30-26-24(21-27)31-22-23(28)25(26)29/h8-9,23-29H,2-7,10-22H2,1H3/b9-8+/t23-,24+,25+,26+/m1/s1. The third-order valence-electron chi connectivity index (χ3n) is 6.22. The summed E-state index contributed by atoms with van der Waals surface area (Å²) < 4.78 is 11.0. The van der Waals surface area contributed by atoms with Crippen LogP contribution >= 0.6 is 0 Å². The Bertz CT molecular complexity index is 413. The van der Waals surface area contributed by atoms with Gasteiger partial charge in [0.1, 0.15) is 24.4 Å². The Morgan fingerprint density at radius 2 is 1.29 bits per heavy atom. The van der Waals surface area contributed by atoms with Crippen molar-refractivity contribution in [1.29, 1.82) is 0 Å². The zero-order chi connectivity index (χ0) is 22.6. The number of hydrogen-bond acceptors (Lipinski definition) is 5. The van der Waals surface area contributed by atoms with Gasteiger partial charge in [-0.3, -0.25) is 0 Å². The molecule has 5 heteroatoms. The van der Waals surface area contributed by atoms with Crippen LogP contribution in [0.15, 0.2) is 12.2 Å². The Hall–Kier alpha value is -0.460. The Labute approximate surface area is 191 Å². The van der Waals surface area contributed by atoms with Gasteiger partial charge in [-0.25, -0.2) is 0 Å². The monoisotopic (exact) mass is 442 g/mol. The summed E-state index contributed by atoms with van der Waals surface area (Å²) in [4.78, 5) is 0. The fourth-order valence-electron chi connectivity index (χ4n) is 4.14. The molecule has 0 amide bonds. The van der Waals surface area contributed by atoms with Crippen molar-refractivity contribution in [3.63, 3.8) is 0 Å². The van der Waals surface area contributed by atoms with Crippen molar-refractivity contribution in [2.45, 2.75) is 134 Å². The van der Waals surface area contributed by atoms with Gasteiger partial charge in [0.15, 0.2) is 0 Å². The van der Waals surface area contributed by atoms with Gasteiger partial charge in [0.05, 0.1) is 13.2 Å². The van der Waals surface area contributed by atoms with Crippen molar-refractivity contribution in [2.75, 3.05) is 19.8 Å². The average molecular weight is 443 g/mol. The van der Waals surface area contributed by atoms with E-state index >= 15 is 0 Å². The first kappa shape index (κ1) is 28.6. The molecule has 0 unspecified atom stereocenters. The van der Waals surface area contributed by atoms with Gasteiger partial charge in [0.25, 0.3) is 0 Å². The summed E-state index contributed by atoms with van der Waals surface area (Å²) in [5.41, 5.74) is 0. The van der Waals surface area contributed by atoms with Crippen molar-refractivity contribution in [3.8, 4) is 0 Å². The predicted molar refractivity (Wildman–Crippen MR) is 127 cm³/mol. The lowest BCUT2D eigenvalue weighted by molar-refractivity contribution is -0.211. The molecule has 0 bridgehead atoms. The van der Waals surface area contributed by atoms with E-state index in [9.17, 15) is 15.3 Å². The average Bonchev–Trinajstić information content (AvgIpc) is 2.78. The van der Waals surface area contributed by atoms with Crippen LogP contribution in [0.4, 0.5) is 0 Å². The minimum atomic E-state index is -0.989. The maximum absolute atomic E-state index is 10.0. The molecule has 1 fully saturated rings. The van der Waals surface area contributed by atoms with Crippen molar-refractivity contribution >= 4 is 0 Å². The van der Waals surface area contributed by atoms with Crippen LogP contribution in [-0.4, -0.2) is 59.6 Å². The molecule has 1 aliphatic heterocycles. The Balaban J connectivity index is 1.83. The Kier molecular flexibility index (Phi) is 18.6. The zero-order valence-electron chi connectivity index (χ0n) is 20.1. The summed E-state index contributed by atoms with van der Waals surface area (Å²) in [7, 11) is 0. The third-order valence-corrected chi connectivity index (χ3v) is 6.22. The zero-order valence-corrected chi connectivity index (χ0v) is 20.1. The van der Waals surface area contributed by atoms with Crippen LogP contribution in [0.5, 0.6) is 0 Å². The van der Waals surface area contributed by atoms with Gasteiger partial charge in [-0.15, -0.1) is 0 Å². The first-order valence-corrected chi connectivity index (χ1v) is 13.1. The predicted octanol–water partition coefficient (Wildman–Crippen LogP) is 5.30. The maximum atomic E-state index is 10.0. The summed E-state index contributed by atoms with van der Waals surface area (Å²) in [6, 6.07) is 0. The van der Waals surface area contributed by atoms with E-state index in [0.717, 1.165) is 12.8 Å². The normalized spacial score (nSPS) is 24.3. The van der Waals surface area contributed by atoms with E-state index in [1.807, 2.05) is 0 Å². The molecule has 0 aromatic rings. The molecule has 4 atom stereocenters. The largest absolute Gasteiger partial charge is 0.394 e. The lowest BCUT2D eigenvalue weighted by Gasteiger charge is -2.37. The highest BCUT2D eigenvalue weighted by molar-refractivity contribution is 4.87. The number of aliphatic hydroxyl groups is 3. The molecule has 5 nitrogen and oxygen atoms in total. The first-order chi connectivity index (χ1) is 15.2. The second kappa shape index (κ2) is 20.2. The summed E-state index contributed by atoms with van der Waals surface area (Å²) in [6.45, 7) is 2.63. The van der Waals surface area contributed by atoms with Gasteiger partial charge in [0.2, 0.25) is 0 Å². The summed E-state index contributed by atoms with van der Waals surface area (Å²) in [5, 5.41) is 29.0. The number of unbranched alkanes of at least 4 members (excludes halogenated alkanes) is 14. The van der Waals surface area contributed by atoms with Gasteiger partial charge in [-0.05, 0) is 32.1 Å². The van der Waals surface area contributed by atoms with Crippen molar-refractivity contribution in [2.24, 2.45) is 0 Å². The SMILES string of the molecule is CCCCCCC/C=C/CCCCCCCCCCCO[C@@H]1[C@@H](O)[C@H](O)CO[C@H]1CO. The van der Waals surface area contributed by atoms with E-state index in [1.54, 1.807) is 0 Å². The summed E-state index contributed by atoms with van der Waals surface area (Å²) in [6.07, 6.45) is 22.2. The Morgan fingerprint density at radius 3 is 1.84 bits per heavy atom. The van der Waals surface area contributed by atoms with Gasteiger partial charge < -0.3 is 24.8 Å².